The molecule has 1 amide bonds. The smallest absolute Gasteiger partial charge is 0.338 e. The fraction of sp³-hybridized carbons (Fsp3) is 0.300. The first-order valence-electron chi connectivity index (χ1n) is 9.01. The molecular weight excluding hydrogens is 396 g/mol. The minimum atomic E-state index is -3.86. The lowest BCUT2D eigenvalue weighted by Crippen LogP contribution is -2.44. The summed E-state index contributed by atoms with van der Waals surface area (Å²) in [6.07, 6.45) is 0.957. The number of likely N-dealkylation sites (tertiary alicyclic amines) is 1. The number of anilines is 1. The molecule has 29 heavy (non-hydrogen) atoms. The number of benzene rings is 2. The Labute approximate surface area is 169 Å². The molecule has 2 aromatic carbocycles. The molecule has 0 N–H and O–H groups in total. The van der Waals surface area contributed by atoms with Gasteiger partial charge in [-0.25, -0.2) is 13.2 Å². The lowest BCUT2D eigenvalue weighted by Gasteiger charge is -2.30. The van der Waals surface area contributed by atoms with Crippen LogP contribution >= 0.6 is 0 Å². The van der Waals surface area contributed by atoms with Gasteiger partial charge in [0.15, 0.2) is 6.61 Å². The van der Waals surface area contributed by atoms with Crippen LogP contribution in [0.1, 0.15) is 16.8 Å². The van der Waals surface area contributed by atoms with Crippen LogP contribution in [0.2, 0.25) is 0 Å². The van der Waals surface area contributed by atoms with Crippen LogP contribution in [0.25, 0.3) is 0 Å². The van der Waals surface area contributed by atoms with E-state index in [2.05, 4.69) is 0 Å². The number of hydrogen-bond donors (Lipinski definition) is 0. The third-order valence-corrected chi connectivity index (χ3v) is 6.49. The summed E-state index contributed by atoms with van der Waals surface area (Å²) in [7, 11) is -0.967. The van der Waals surface area contributed by atoms with Crippen molar-refractivity contribution in [3.05, 3.63) is 54.1 Å². The average molecular weight is 418 g/mol. The molecule has 2 aromatic rings. The minimum absolute atomic E-state index is 0.0131. The zero-order valence-corrected chi connectivity index (χ0v) is 17.0. The van der Waals surface area contributed by atoms with Gasteiger partial charge in [-0.3, -0.25) is 9.10 Å². The van der Waals surface area contributed by atoms with Gasteiger partial charge in [-0.15, -0.1) is 0 Å². The predicted molar refractivity (Wildman–Crippen MR) is 107 cm³/mol. The van der Waals surface area contributed by atoms with E-state index in [1.165, 1.54) is 38.4 Å². The topological polar surface area (TPSA) is 93.2 Å². The fourth-order valence-corrected chi connectivity index (χ4v) is 4.01. The summed E-state index contributed by atoms with van der Waals surface area (Å²) < 4.78 is 37.2. The summed E-state index contributed by atoms with van der Waals surface area (Å²) in [4.78, 5) is 25.5. The Hall–Kier alpha value is -3.07. The van der Waals surface area contributed by atoms with Crippen LogP contribution in [0.4, 0.5) is 5.69 Å². The minimum Gasteiger partial charge on any atom is -0.495 e. The van der Waals surface area contributed by atoms with Crippen LogP contribution < -0.4 is 9.04 Å². The molecule has 0 spiro atoms. The maximum atomic E-state index is 12.9. The molecule has 1 fully saturated rings. The number of carbonyl (C=O) groups is 2. The van der Waals surface area contributed by atoms with Crippen LogP contribution in [0, 0.1) is 0 Å². The van der Waals surface area contributed by atoms with Crippen molar-refractivity contribution >= 4 is 27.6 Å². The molecule has 1 aliphatic rings. The molecule has 9 heteroatoms. The van der Waals surface area contributed by atoms with Crippen molar-refractivity contribution in [2.45, 2.75) is 11.3 Å². The van der Waals surface area contributed by atoms with Crippen molar-refractivity contribution in [2.75, 3.05) is 38.2 Å². The second kappa shape index (κ2) is 8.52. The van der Waals surface area contributed by atoms with Crippen LogP contribution in [0.5, 0.6) is 5.75 Å². The van der Waals surface area contributed by atoms with Crippen molar-refractivity contribution in [3.8, 4) is 5.75 Å². The van der Waals surface area contributed by atoms with Gasteiger partial charge in [0, 0.05) is 20.1 Å². The van der Waals surface area contributed by atoms with E-state index < -0.39 is 16.0 Å². The Balaban J connectivity index is 1.71. The first-order valence-corrected chi connectivity index (χ1v) is 10.5. The molecule has 0 radical (unpaired) electrons. The van der Waals surface area contributed by atoms with Crippen LogP contribution in [-0.4, -0.2) is 59.0 Å². The van der Waals surface area contributed by atoms with Gasteiger partial charge in [0.2, 0.25) is 0 Å². The van der Waals surface area contributed by atoms with E-state index in [1.54, 1.807) is 29.2 Å². The average Bonchev–Trinajstić information content (AvgIpc) is 2.70. The largest absolute Gasteiger partial charge is 0.495 e. The van der Waals surface area contributed by atoms with Gasteiger partial charge in [0.05, 0.1) is 23.3 Å². The van der Waals surface area contributed by atoms with Gasteiger partial charge >= 0.3 is 5.97 Å². The van der Waals surface area contributed by atoms with Crippen molar-refractivity contribution in [1.82, 2.24) is 4.90 Å². The Kier molecular flexibility index (Phi) is 6.07. The Morgan fingerprint density at radius 1 is 1.07 bits per heavy atom. The number of methoxy groups -OCH3 is 1. The van der Waals surface area contributed by atoms with Crippen molar-refractivity contribution in [3.63, 3.8) is 0 Å². The summed E-state index contributed by atoms with van der Waals surface area (Å²) in [5.74, 6) is -0.492. The van der Waals surface area contributed by atoms with Crippen LogP contribution in [-0.2, 0) is 19.6 Å². The molecule has 0 atom stereocenters. The number of esters is 1. The van der Waals surface area contributed by atoms with E-state index in [1.807, 2.05) is 0 Å². The van der Waals surface area contributed by atoms with Gasteiger partial charge in [-0.05, 0) is 42.8 Å². The Morgan fingerprint density at radius 2 is 1.72 bits per heavy atom. The summed E-state index contributed by atoms with van der Waals surface area (Å²) in [6.45, 7) is 1.04. The van der Waals surface area contributed by atoms with Gasteiger partial charge < -0.3 is 14.4 Å². The van der Waals surface area contributed by atoms with E-state index >= 15 is 0 Å². The maximum Gasteiger partial charge on any atom is 0.338 e. The molecule has 0 aromatic heterocycles. The summed E-state index contributed by atoms with van der Waals surface area (Å²) >= 11 is 0. The van der Waals surface area contributed by atoms with Crippen molar-refractivity contribution in [1.29, 1.82) is 0 Å². The molecular formula is C20H22N2O6S. The summed E-state index contributed by atoms with van der Waals surface area (Å²) in [5.41, 5.74) is 0.559. The highest BCUT2D eigenvalue weighted by atomic mass is 32.2. The first kappa shape index (κ1) is 20.7. The maximum absolute atomic E-state index is 12.9. The zero-order valence-electron chi connectivity index (χ0n) is 16.2. The second-order valence-electron chi connectivity index (χ2n) is 6.48. The highest BCUT2D eigenvalue weighted by Gasteiger charge is 2.25. The number of nitrogens with zero attached hydrogens (tertiary/aromatic N) is 2. The predicted octanol–water partition coefficient (Wildman–Crippen LogP) is 1.91. The quantitative estimate of drug-likeness (QED) is 0.638. The van der Waals surface area contributed by atoms with Gasteiger partial charge in [0.25, 0.3) is 15.9 Å². The molecule has 1 heterocycles. The first-order chi connectivity index (χ1) is 13.8. The number of carbonyl (C=O) groups excluding carboxylic acids is 2. The molecule has 0 aliphatic carbocycles. The van der Waals surface area contributed by atoms with Gasteiger partial charge in [-0.2, -0.15) is 0 Å². The van der Waals surface area contributed by atoms with Crippen molar-refractivity contribution in [2.24, 2.45) is 0 Å². The molecule has 1 aliphatic heterocycles. The zero-order chi connectivity index (χ0) is 21.0. The third kappa shape index (κ3) is 4.34. The van der Waals surface area contributed by atoms with E-state index in [0.29, 0.717) is 24.5 Å². The van der Waals surface area contributed by atoms with Gasteiger partial charge in [0.1, 0.15) is 5.75 Å². The number of ether oxygens (including phenoxy) is 2. The number of rotatable bonds is 7. The number of para-hydroxylation sites is 2. The molecule has 0 bridgehead atoms. The third-order valence-electron chi connectivity index (χ3n) is 4.71. The number of hydrogen-bond acceptors (Lipinski definition) is 6. The van der Waals surface area contributed by atoms with Crippen LogP contribution in [0.3, 0.4) is 0 Å². The standard InChI is InChI=1S/C20H22N2O6S/c1-21(17-6-3-4-7-18(17)27-2)29(25,26)16-10-8-15(9-11-16)20(24)28-14-19(23)22-12-5-13-22/h3-4,6-11H,5,12-14H2,1-2H3. The summed E-state index contributed by atoms with van der Waals surface area (Å²) in [5, 5.41) is 0. The highest BCUT2D eigenvalue weighted by Crippen LogP contribution is 2.30. The Morgan fingerprint density at radius 3 is 2.31 bits per heavy atom. The summed E-state index contributed by atoms with van der Waals surface area (Å²) in [6, 6.07) is 12.1. The Bertz CT molecular complexity index is 1000. The molecule has 0 unspecified atom stereocenters. The van der Waals surface area contributed by atoms with E-state index in [9.17, 15) is 18.0 Å². The normalized spacial score (nSPS) is 13.4. The molecule has 0 saturated carbocycles. The lowest BCUT2D eigenvalue weighted by atomic mass is 10.2. The van der Waals surface area contributed by atoms with E-state index in [-0.39, 0.29) is 23.0 Å². The lowest BCUT2D eigenvalue weighted by molar-refractivity contribution is -0.137. The van der Waals surface area contributed by atoms with Crippen molar-refractivity contribution < 1.29 is 27.5 Å². The second-order valence-corrected chi connectivity index (χ2v) is 8.45. The molecule has 3 rings (SSSR count). The van der Waals surface area contributed by atoms with Gasteiger partial charge in [-0.1, -0.05) is 12.1 Å². The van der Waals surface area contributed by atoms with Crippen LogP contribution in [0.15, 0.2) is 53.4 Å². The SMILES string of the molecule is COc1ccccc1N(C)S(=O)(=O)c1ccc(C(=O)OCC(=O)N2CCC2)cc1. The fourth-order valence-electron chi connectivity index (χ4n) is 2.81. The molecule has 1 saturated heterocycles. The number of amides is 1. The van der Waals surface area contributed by atoms with E-state index in [4.69, 9.17) is 9.47 Å². The monoisotopic (exact) mass is 418 g/mol. The highest BCUT2D eigenvalue weighted by molar-refractivity contribution is 7.92. The molecule has 154 valence electrons. The number of sulfonamides is 1. The van der Waals surface area contributed by atoms with E-state index in [0.717, 1.165) is 10.7 Å². The molecule has 8 nitrogen and oxygen atoms in total.